The second-order valence-electron chi connectivity index (χ2n) is 5.63. The molecular weight excluding hydrogens is 228 g/mol. The van der Waals surface area contributed by atoms with Crippen LogP contribution in [0.4, 0.5) is 0 Å². The van der Waals surface area contributed by atoms with Gasteiger partial charge in [-0.25, -0.2) is 0 Å². The molecule has 3 rings (SSSR count). The molecule has 0 radical (unpaired) electrons. The largest absolute Gasteiger partial charge is 0.0629 e. The Balaban J connectivity index is 2.16. The summed E-state index contributed by atoms with van der Waals surface area (Å²) >= 11 is 0. The predicted molar refractivity (Wildman–Crippen MR) is 84.1 cm³/mol. The summed E-state index contributed by atoms with van der Waals surface area (Å²) < 4.78 is 0. The van der Waals surface area contributed by atoms with Crippen LogP contribution in [0, 0.1) is 5.92 Å². The van der Waals surface area contributed by atoms with Gasteiger partial charge in [0.1, 0.15) is 0 Å². The molecule has 1 aliphatic carbocycles. The Bertz CT molecular complexity index is 714. The molecule has 2 aromatic rings. The summed E-state index contributed by atoms with van der Waals surface area (Å²) in [6, 6.07) is 15.4. The van der Waals surface area contributed by atoms with Crippen molar-refractivity contribution in [3.05, 3.63) is 64.7 Å². The third-order valence-corrected chi connectivity index (χ3v) is 4.70. The monoisotopic (exact) mass is 248 g/mol. The van der Waals surface area contributed by atoms with Crippen molar-refractivity contribution in [3.63, 3.8) is 0 Å². The first kappa shape index (κ1) is 12.2. The summed E-state index contributed by atoms with van der Waals surface area (Å²) in [4.78, 5) is 0. The second kappa shape index (κ2) is 4.38. The molecule has 0 aromatic heterocycles. The first-order chi connectivity index (χ1) is 9.09. The lowest BCUT2D eigenvalue weighted by Crippen LogP contribution is -1.96. The molecule has 0 nitrogen and oxygen atoms in total. The van der Waals surface area contributed by atoms with Crippen LogP contribution in [0.5, 0.6) is 0 Å². The van der Waals surface area contributed by atoms with Gasteiger partial charge in [-0.3, -0.25) is 0 Å². The van der Waals surface area contributed by atoms with Gasteiger partial charge in [0.05, 0.1) is 0 Å². The van der Waals surface area contributed by atoms with Crippen molar-refractivity contribution in [3.8, 4) is 0 Å². The van der Waals surface area contributed by atoms with Crippen LogP contribution in [-0.2, 0) is 0 Å². The fourth-order valence-corrected chi connectivity index (χ4v) is 3.19. The van der Waals surface area contributed by atoms with Crippen molar-refractivity contribution in [1.29, 1.82) is 0 Å². The number of rotatable bonds is 1. The van der Waals surface area contributed by atoms with Crippen molar-refractivity contribution in [1.82, 2.24) is 0 Å². The van der Waals surface area contributed by atoms with E-state index in [1.807, 2.05) is 0 Å². The van der Waals surface area contributed by atoms with Crippen LogP contribution in [0.3, 0.4) is 0 Å². The molecule has 0 fully saturated rings. The molecule has 1 unspecified atom stereocenters. The zero-order valence-corrected chi connectivity index (χ0v) is 12.1. The van der Waals surface area contributed by atoms with Crippen LogP contribution >= 0.6 is 0 Å². The molecule has 0 N–H and O–H groups in total. The molecule has 96 valence electrons. The van der Waals surface area contributed by atoms with E-state index in [2.05, 4.69) is 70.2 Å². The Morgan fingerprint density at radius 1 is 0.789 bits per heavy atom. The third kappa shape index (κ3) is 1.83. The minimum atomic E-state index is 0.543. The quantitative estimate of drug-likeness (QED) is 0.616. The van der Waals surface area contributed by atoms with Crippen molar-refractivity contribution in [2.75, 3.05) is 0 Å². The molecule has 2 aromatic carbocycles. The van der Waals surface area contributed by atoms with Gasteiger partial charge in [0.25, 0.3) is 0 Å². The Morgan fingerprint density at radius 3 is 2.11 bits per heavy atom. The van der Waals surface area contributed by atoms with Crippen molar-refractivity contribution >= 4 is 16.3 Å². The van der Waals surface area contributed by atoms with Crippen molar-refractivity contribution in [2.45, 2.75) is 27.7 Å². The molecule has 19 heavy (non-hydrogen) atoms. The molecule has 0 spiro atoms. The molecule has 0 amide bonds. The lowest BCUT2D eigenvalue weighted by atomic mass is 9.90. The summed E-state index contributed by atoms with van der Waals surface area (Å²) in [5.74, 6) is 0.543. The molecule has 0 saturated heterocycles. The van der Waals surface area contributed by atoms with Gasteiger partial charge in [0.2, 0.25) is 0 Å². The fourth-order valence-electron chi connectivity index (χ4n) is 3.19. The standard InChI is InChI=1S/C19H20/c1-12-13(2)15(4)19(14(12)3)18-10-9-16-7-5-6-8-17(16)11-18/h5-11,14H,1-4H3. The second-order valence-corrected chi connectivity index (χ2v) is 5.63. The Kier molecular flexibility index (Phi) is 2.82. The van der Waals surface area contributed by atoms with E-state index in [0.717, 1.165) is 0 Å². The Morgan fingerprint density at radius 2 is 1.47 bits per heavy atom. The van der Waals surface area contributed by atoms with Gasteiger partial charge in [0, 0.05) is 5.92 Å². The Labute approximate surface area is 115 Å². The minimum absolute atomic E-state index is 0.543. The van der Waals surface area contributed by atoms with Crippen LogP contribution in [-0.4, -0.2) is 0 Å². The molecule has 0 heterocycles. The van der Waals surface area contributed by atoms with Gasteiger partial charge >= 0.3 is 0 Å². The highest BCUT2D eigenvalue weighted by molar-refractivity contribution is 5.89. The molecule has 0 saturated carbocycles. The summed E-state index contributed by atoms with van der Waals surface area (Å²) in [5.41, 5.74) is 7.32. The van der Waals surface area contributed by atoms with E-state index in [1.54, 1.807) is 0 Å². The number of benzene rings is 2. The number of allylic oxidation sites excluding steroid dienone is 4. The molecule has 0 bridgehead atoms. The van der Waals surface area contributed by atoms with E-state index in [-0.39, 0.29) is 0 Å². The van der Waals surface area contributed by atoms with Crippen LogP contribution in [0.1, 0.15) is 33.3 Å². The average molecular weight is 248 g/mol. The topological polar surface area (TPSA) is 0 Å². The molecule has 0 aliphatic heterocycles. The normalized spacial score (nSPS) is 19.7. The average Bonchev–Trinajstić information content (AvgIpc) is 2.63. The van der Waals surface area contributed by atoms with Gasteiger partial charge in [-0.1, -0.05) is 48.9 Å². The zero-order valence-electron chi connectivity index (χ0n) is 12.1. The highest BCUT2D eigenvalue weighted by Crippen LogP contribution is 2.42. The van der Waals surface area contributed by atoms with Crippen molar-refractivity contribution < 1.29 is 0 Å². The van der Waals surface area contributed by atoms with E-state index >= 15 is 0 Å². The number of hydrogen-bond donors (Lipinski definition) is 0. The van der Waals surface area contributed by atoms with E-state index in [4.69, 9.17) is 0 Å². The smallest absolute Gasteiger partial charge is 0.00315 e. The van der Waals surface area contributed by atoms with E-state index in [9.17, 15) is 0 Å². The summed E-state index contributed by atoms with van der Waals surface area (Å²) in [5, 5.41) is 2.64. The maximum Gasteiger partial charge on any atom is 0.00315 e. The van der Waals surface area contributed by atoms with Crippen molar-refractivity contribution in [2.24, 2.45) is 5.92 Å². The van der Waals surface area contributed by atoms with Gasteiger partial charge in [-0.05, 0) is 59.9 Å². The number of hydrogen-bond acceptors (Lipinski definition) is 0. The lowest BCUT2D eigenvalue weighted by Gasteiger charge is -2.14. The molecule has 0 heteroatoms. The summed E-state index contributed by atoms with van der Waals surface area (Å²) in [6.07, 6.45) is 0. The maximum absolute atomic E-state index is 2.33. The third-order valence-electron chi connectivity index (χ3n) is 4.70. The zero-order chi connectivity index (χ0) is 13.6. The Hall–Kier alpha value is -1.82. The van der Waals surface area contributed by atoms with E-state index in [0.29, 0.717) is 5.92 Å². The fraction of sp³-hybridized carbons (Fsp3) is 0.263. The maximum atomic E-state index is 2.33. The highest BCUT2D eigenvalue weighted by atomic mass is 14.3. The minimum Gasteiger partial charge on any atom is -0.0629 e. The molecule has 1 atom stereocenters. The first-order valence-electron chi connectivity index (χ1n) is 6.97. The van der Waals surface area contributed by atoms with Gasteiger partial charge in [-0.15, -0.1) is 0 Å². The van der Waals surface area contributed by atoms with Gasteiger partial charge in [-0.2, -0.15) is 0 Å². The lowest BCUT2D eigenvalue weighted by molar-refractivity contribution is 0.895. The van der Waals surface area contributed by atoms with Gasteiger partial charge in [0.15, 0.2) is 0 Å². The SMILES string of the molecule is CC1=C(C)C(C)C(c2ccc3ccccc3c2)=C1C. The number of fused-ring (bicyclic) bond motifs is 1. The van der Waals surface area contributed by atoms with E-state index in [1.165, 1.54) is 38.6 Å². The molecule has 1 aliphatic rings. The summed E-state index contributed by atoms with van der Waals surface area (Å²) in [6.45, 7) is 9.08. The van der Waals surface area contributed by atoms with Crippen LogP contribution in [0.2, 0.25) is 0 Å². The van der Waals surface area contributed by atoms with Crippen LogP contribution in [0.15, 0.2) is 59.2 Å². The van der Waals surface area contributed by atoms with Crippen LogP contribution < -0.4 is 0 Å². The summed E-state index contributed by atoms with van der Waals surface area (Å²) in [7, 11) is 0. The van der Waals surface area contributed by atoms with Crippen LogP contribution in [0.25, 0.3) is 16.3 Å². The van der Waals surface area contributed by atoms with Gasteiger partial charge < -0.3 is 0 Å². The predicted octanol–water partition coefficient (Wildman–Crippen LogP) is 5.60. The molecular formula is C19H20. The highest BCUT2D eigenvalue weighted by Gasteiger charge is 2.24. The first-order valence-corrected chi connectivity index (χ1v) is 6.97. The van der Waals surface area contributed by atoms with E-state index < -0.39 is 0 Å².